The summed E-state index contributed by atoms with van der Waals surface area (Å²) in [6.07, 6.45) is -1.29. The van der Waals surface area contributed by atoms with E-state index in [0.717, 1.165) is 4.90 Å². The summed E-state index contributed by atoms with van der Waals surface area (Å²) in [6, 6.07) is 4.23. The molecule has 0 aliphatic carbocycles. The molecule has 3 rings (SSSR count). The zero-order valence-corrected chi connectivity index (χ0v) is 16.2. The number of hydrogen-bond acceptors (Lipinski definition) is 6. The van der Waals surface area contributed by atoms with Crippen LogP contribution in [0.3, 0.4) is 0 Å². The number of carbonyl (C=O) groups excluding carboxylic acids is 3. The maximum atomic E-state index is 14.7. The van der Waals surface area contributed by atoms with Crippen molar-refractivity contribution in [1.29, 1.82) is 0 Å². The quantitative estimate of drug-likeness (QED) is 0.654. The number of rotatable bonds is 6. The third-order valence-corrected chi connectivity index (χ3v) is 5.29. The standard InChI is InChI=1S/C18H19FN3O6P/c19-13-7-11(22-8-15(16(20)24)28-18(22)26)1-2-12(13)10-3-5-21(6-4-10)17(25)14(23)9-29-27/h1-3,7,14-15,23H,4-6,8-9H2,(H2,20,24)/t14-,15-/m1/s1. The van der Waals surface area contributed by atoms with Gasteiger partial charge in [0.2, 0.25) is 0 Å². The van der Waals surface area contributed by atoms with E-state index in [9.17, 15) is 28.4 Å². The predicted octanol–water partition coefficient (Wildman–Crippen LogP) is 0.904. The van der Waals surface area contributed by atoms with Crippen LogP contribution in [0.5, 0.6) is 0 Å². The number of benzene rings is 1. The third kappa shape index (κ3) is 4.44. The Morgan fingerprint density at radius 3 is 2.72 bits per heavy atom. The summed E-state index contributed by atoms with van der Waals surface area (Å²) in [5.74, 6) is -1.85. The highest BCUT2D eigenvalue weighted by atomic mass is 31.1. The lowest BCUT2D eigenvalue weighted by atomic mass is 9.98. The molecule has 11 heteroatoms. The molecule has 2 atom stereocenters. The van der Waals surface area contributed by atoms with Crippen LogP contribution < -0.4 is 10.6 Å². The maximum Gasteiger partial charge on any atom is 0.415 e. The van der Waals surface area contributed by atoms with E-state index >= 15 is 0 Å². The van der Waals surface area contributed by atoms with Crippen LogP contribution in [0.25, 0.3) is 5.57 Å². The van der Waals surface area contributed by atoms with Crippen molar-refractivity contribution in [3.8, 4) is 0 Å². The lowest BCUT2D eigenvalue weighted by Crippen LogP contribution is -2.42. The van der Waals surface area contributed by atoms with Crippen LogP contribution in [0.15, 0.2) is 24.3 Å². The number of nitrogens with two attached hydrogens (primary N) is 1. The molecule has 3 amide bonds. The molecule has 9 nitrogen and oxygen atoms in total. The van der Waals surface area contributed by atoms with Crippen molar-refractivity contribution in [3.63, 3.8) is 0 Å². The fourth-order valence-corrected chi connectivity index (χ4v) is 3.52. The number of ether oxygens (including phenoxy) is 1. The van der Waals surface area contributed by atoms with Crippen LogP contribution in [0.1, 0.15) is 12.0 Å². The van der Waals surface area contributed by atoms with Gasteiger partial charge >= 0.3 is 6.09 Å². The number of halogens is 1. The average Bonchev–Trinajstić information content (AvgIpc) is 3.10. The second-order valence-electron chi connectivity index (χ2n) is 6.64. The average molecular weight is 423 g/mol. The first-order chi connectivity index (χ1) is 13.8. The minimum Gasteiger partial charge on any atom is -0.434 e. The number of hydrogen-bond donors (Lipinski definition) is 2. The molecule has 154 valence electrons. The summed E-state index contributed by atoms with van der Waals surface area (Å²) in [6.45, 7) is 0.399. The molecule has 2 aliphatic heterocycles. The van der Waals surface area contributed by atoms with Gasteiger partial charge in [0.25, 0.3) is 11.8 Å². The van der Waals surface area contributed by atoms with Crippen molar-refractivity contribution >= 4 is 37.6 Å². The third-order valence-electron chi connectivity index (χ3n) is 4.79. The molecule has 2 aliphatic rings. The summed E-state index contributed by atoms with van der Waals surface area (Å²) in [5.41, 5.74) is 6.40. The van der Waals surface area contributed by atoms with Gasteiger partial charge < -0.3 is 20.5 Å². The number of anilines is 1. The van der Waals surface area contributed by atoms with E-state index in [2.05, 4.69) is 0 Å². The topological polar surface area (TPSA) is 130 Å². The zero-order valence-electron chi connectivity index (χ0n) is 15.3. The van der Waals surface area contributed by atoms with Gasteiger partial charge in [-0.25, -0.2) is 9.18 Å². The Balaban J connectivity index is 1.71. The molecule has 1 aromatic rings. The largest absolute Gasteiger partial charge is 0.434 e. The van der Waals surface area contributed by atoms with E-state index in [0.29, 0.717) is 17.6 Å². The minimum atomic E-state index is -1.33. The van der Waals surface area contributed by atoms with E-state index in [1.807, 2.05) is 0 Å². The fourth-order valence-electron chi connectivity index (χ4n) is 3.23. The van der Waals surface area contributed by atoms with Crippen LogP contribution in [0, 0.1) is 5.82 Å². The van der Waals surface area contributed by atoms with Crippen molar-refractivity contribution in [2.24, 2.45) is 5.73 Å². The van der Waals surface area contributed by atoms with E-state index in [1.54, 1.807) is 12.1 Å². The Hall–Kier alpha value is -2.84. The van der Waals surface area contributed by atoms with E-state index < -0.39 is 35.9 Å². The first-order valence-electron chi connectivity index (χ1n) is 8.84. The lowest BCUT2D eigenvalue weighted by molar-refractivity contribution is -0.138. The van der Waals surface area contributed by atoms with Crippen molar-refractivity contribution in [2.75, 3.05) is 30.7 Å². The van der Waals surface area contributed by atoms with Gasteiger partial charge in [-0.05, 0) is 30.2 Å². The number of nitrogens with zero attached hydrogens (tertiary/aromatic N) is 2. The first kappa shape index (κ1) is 20.9. The van der Waals surface area contributed by atoms with Crippen LogP contribution in [0.2, 0.25) is 0 Å². The number of aliphatic hydroxyl groups is 1. The van der Waals surface area contributed by atoms with E-state index in [4.69, 9.17) is 10.5 Å². The second-order valence-corrected chi connectivity index (χ2v) is 7.26. The highest BCUT2D eigenvalue weighted by molar-refractivity contribution is 7.23. The number of primary amides is 1. The van der Waals surface area contributed by atoms with E-state index in [1.165, 1.54) is 17.0 Å². The molecule has 0 bridgehead atoms. The predicted molar refractivity (Wildman–Crippen MR) is 101 cm³/mol. The van der Waals surface area contributed by atoms with Crippen molar-refractivity contribution < 1.29 is 33.2 Å². The molecule has 1 saturated heterocycles. The molecule has 2 heterocycles. The number of amides is 3. The summed E-state index contributed by atoms with van der Waals surface area (Å²) in [7, 11) is -0.312. The van der Waals surface area contributed by atoms with Crippen LogP contribution in [0.4, 0.5) is 14.9 Å². The van der Waals surface area contributed by atoms with Crippen molar-refractivity contribution in [3.05, 3.63) is 35.7 Å². The van der Waals surface area contributed by atoms with Gasteiger partial charge in [0.15, 0.2) is 14.6 Å². The number of cyclic esters (lactones) is 1. The number of carbonyl (C=O) groups is 3. The Bertz CT molecular complexity index is 892. The van der Waals surface area contributed by atoms with Crippen molar-refractivity contribution in [2.45, 2.75) is 18.6 Å². The SMILES string of the molecule is NC(=O)[C@H]1CN(c2ccc(C3=CCN(C(=O)[C@H](O)CP=O)CC3)c(F)c2)C(=O)O1. The molecule has 1 fully saturated rings. The van der Waals surface area contributed by atoms with E-state index in [-0.39, 0.29) is 39.9 Å². The second kappa shape index (κ2) is 8.67. The lowest BCUT2D eigenvalue weighted by Gasteiger charge is -2.28. The number of aliphatic hydroxyl groups excluding tert-OH is 1. The monoisotopic (exact) mass is 423 g/mol. The van der Waals surface area contributed by atoms with Crippen LogP contribution >= 0.6 is 8.46 Å². The highest BCUT2D eigenvalue weighted by Gasteiger charge is 2.36. The Morgan fingerprint density at radius 2 is 2.17 bits per heavy atom. The summed E-state index contributed by atoms with van der Waals surface area (Å²) >= 11 is 0. The molecule has 3 N–H and O–H groups in total. The maximum absolute atomic E-state index is 14.7. The molecule has 0 saturated carbocycles. The van der Waals surface area contributed by atoms with Gasteiger partial charge in [0.1, 0.15) is 11.9 Å². The van der Waals surface area contributed by atoms with Gasteiger partial charge in [0, 0.05) is 18.7 Å². The molecular formula is C18H19FN3O6P. The summed E-state index contributed by atoms with van der Waals surface area (Å²) in [5, 5.41) is 9.66. The molecule has 1 aromatic carbocycles. The Morgan fingerprint density at radius 1 is 1.41 bits per heavy atom. The smallest absolute Gasteiger partial charge is 0.415 e. The molecule has 29 heavy (non-hydrogen) atoms. The molecule has 0 radical (unpaired) electrons. The fraction of sp³-hybridized carbons (Fsp3) is 0.389. The minimum absolute atomic E-state index is 0.0855. The molecule has 0 unspecified atom stereocenters. The molecule has 0 aromatic heterocycles. The van der Waals surface area contributed by atoms with Gasteiger partial charge in [-0.1, -0.05) is 6.08 Å². The Labute approximate surface area is 167 Å². The van der Waals surface area contributed by atoms with Crippen molar-refractivity contribution in [1.82, 2.24) is 4.90 Å². The first-order valence-corrected chi connectivity index (χ1v) is 9.84. The van der Waals surface area contributed by atoms with Gasteiger partial charge in [-0.15, -0.1) is 0 Å². The van der Waals surface area contributed by atoms with Gasteiger partial charge in [-0.3, -0.25) is 19.1 Å². The molecule has 0 spiro atoms. The highest BCUT2D eigenvalue weighted by Crippen LogP contribution is 2.29. The summed E-state index contributed by atoms with van der Waals surface area (Å²) in [4.78, 5) is 37.6. The van der Waals surface area contributed by atoms with Crippen LogP contribution in [-0.4, -0.2) is 65.9 Å². The molecular weight excluding hydrogens is 404 g/mol. The van der Waals surface area contributed by atoms with Gasteiger partial charge in [0.05, 0.1) is 18.4 Å². The van der Waals surface area contributed by atoms with Gasteiger partial charge in [-0.2, -0.15) is 0 Å². The normalized spacial score (nSPS) is 20.4. The van der Waals surface area contributed by atoms with Crippen LogP contribution in [-0.2, 0) is 18.9 Å². The Kier molecular flexibility index (Phi) is 6.24. The zero-order chi connectivity index (χ0) is 21.1. The summed E-state index contributed by atoms with van der Waals surface area (Å²) < 4.78 is 30.1.